The van der Waals surface area contributed by atoms with Gasteiger partial charge in [-0.1, -0.05) is 13.8 Å². The van der Waals surface area contributed by atoms with E-state index in [4.69, 9.17) is 0 Å². The first kappa shape index (κ1) is 20.3. The Labute approximate surface area is 166 Å². The number of sulfonamides is 1. The van der Waals surface area contributed by atoms with Crippen molar-refractivity contribution in [2.75, 3.05) is 24.5 Å². The SMILES string of the molecule is CCN(CC)S(=O)(=O)c1ccc2c(c1)CCCN2C(=O)/C=C/c1cnn(C)c1. The summed E-state index contributed by atoms with van der Waals surface area (Å²) in [4.78, 5) is 14.7. The lowest BCUT2D eigenvalue weighted by atomic mass is 10.0. The van der Waals surface area contributed by atoms with Crippen LogP contribution in [0.4, 0.5) is 5.69 Å². The van der Waals surface area contributed by atoms with Gasteiger partial charge in [0.1, 0.15) is 0 Å². The summed E-state index contributed by atoms with van der Waals surface area (Å²) in [5.41, 5.74) is 2.53. The smallest absolute Gasteiger partial charge is 0.250 e. The van der Waals surface area contributed by atoms with Crippen LogP contribution in [0.25, 0.3) is 6.08 Å². The van der Waals surface area contributed by atoms with Crippen molar-refractivity contribution in [3.05, 3.63) is 47.8 Å². The summed E-state index contributed by atoms with van der Waals surface area (Å²) in [7, 11) is -1.69. The zero-order valence-corrected chi connectivity index (χ0v) is 17.3. The van der Waals surface area contributed by atoms with Crippen LogP contribution in [-0.2, 0) is 28.3 Å². The molecule has 1 aliphatic rings. The first-order valence-corrected chi connectivity index (χ1v) is 10.9. The highest BCUT2D eigenvalue weighted by molar-refractivity contribution is 7.89. The van der Waals surface area contributed by atoms with E-state index in [-0.39, 0.29) is 10.8 Å². The number of hydrogen-bond donors (Lipinski definition) is 0. The Bertz CT molecular complexity index is 991. The van der Waals surface area contributed by atoms with Gasteiger partial charge in [0.15, 0.2) is 0 Å². The molecule has 0 N–H and O–H groups in total. The Morgan fingerprint density at radius 3 is 2.68 bits per heavy atom. The zero-order chi connectivity index (χ0) is 20.3. The second kappa shape index (κ2) is 8.28. The molecular formula is C20H26N4O3S. The van der Waals surface area contributed by atoms with Gasteiger partial charge in [0.05, 0.1) is 11.1 Å². The molecule has 150 valence electrons. The average molecular weight is 403 g/mol. The van der Waals surface area contributed by atoms with Crippen molar-refractivity contribution in [3.63, 3.8) is 0 Å². The normalized spacial score (nSPS) is 14.6. The van der Waals surface area contributed by atoms with E-state index < -0.39 is 10.0 Å². The van der Waals surface area contributed by atoms with Crippen molar-refractivity contribution in [3.8, 4) is 0 Å². The van der Waals surface area contributed by atoms with Crippen molar-refractivity contribution < 1.29 is 13.2 Å². The molecular weight excluding hydrogens is 376 g/mol. The van der Waals surface area contributed by atoms with Gasteiger partial charge < -0.3 is 4.90 Å². The lowest BCUT2D eigenvalue weighted by molar-refractivity contribution is -0.114. The third-order valence-electron chi connectivity index (χ3n) is 4.92. The van der Waals surface area contributed by atoms with E-state index in [1.165, 1.54) is 10.4 Å². The van der Waals surface area contributed by atoms with Crippen LogP contribution in [0.5, 0.6) is 0 Å². The lowest BCUT2D eigenvalue weighted by Crippen LogP contribution is -2.35. The first-order valence-electron chi connectivity index (χ1n) is 9.48. The molecule has 0 aliphatic carbocycles. The molecule has 28 heavy (non-hydrogen) atoms. The summed E-state index contributed by atoms with van der Waals surface area (Å²) in [5.74, 6) is -0.121. The van der Waals surface area contributed by atoms with Crippen LogP contribution in [0, 0.1) is 0 Å². The number of amides is 1. The molecule has 2 heterocycles. The lowest BCUT2D eigenvalue weighted by Gasteiger charge is -2.29. The Morgan fingerprint density at radius 2 is 2.04 bits per heavy atom. The standard InChI is InChI=1S/C20H26N4O3S/c1-4-23(5-2)28(26,27)18-9-10-19-17(13-18)7-6-12-24(19)20(25)11-8-16-14-21-22(3)15-16/h8-11,13-15H,4-7,12H2,1-3H3/b11-8+. The number of aromatic nitrogens is 2. The number of fused-ring (bicyclic) bond motifs is 1. The highest BCUT2D eigenvalue weighted by Crippen LogP contribution is 2.30. The molecule has 2 aromatic rings. The number of carbonyl (C=O) groups is 1. The van der Waals surface area contributed by atoms with Crippen molar-refractivity contribution in [1.82, 2.24) is 14.1 Å². The quantitative estimate of drug-likeness (QED) is 0.696. The van der Waals surface area contributed by atoms with Gasteiger partial charge in [-0.05, 0) is 42.7 Å². The van der Waals surface area contributed by atoms with Gasteiger partial charge >= 0.3 is 0 Å². The van der Waals surface area contributed by atoms with Gasteiger partial charge in [0, 0.05) is 50.2 Å². The number of nitrogens with zero attached hydrogens (tertiary/aromatic N) is 4. The molecule has 0 fully saturated rings. The monoisotopic (exact) mass is 402 g/mol. The summed E-state index contributed by atoms with van der Waals surface area (Å²) in [6.45, 7) is 5.13. The Hall–Kier alpha value is -2.45. The number of anilines is 1. The topological polar surface area (TPSA) is 75.5 Å². The molecule has 0 radical (unpaired) electrons. The molecule has 0 bridgehead atoms. The van der Waals surface area contributed by atoms with E-state index in [1.54, 1.807) is 40.1 Å². The molecule has 8 heteroatoms. The maximum absolute atomic E-state index is 12.8. The van der Waals surface area contributed by atoms with Crippen molar-refractivity contribution >= 4 is 27.7 Å². The van der Waals surface area contributed by atoms with Crippen LogP contribution < -0.4 is 4.90 Å². The molecule has 0 saturated heterocycles. The molecule has 3 rings (SSSR count). The van der Waals surface area contributed by atoms with E-state index in [9.17, 15) is 13.2 Å². The molecule has 0 spiro atoms. The predicted molar refractivity (Wildman–Crippen MR) is 109 cm³/mol. The molecule has 1 aromatic carbocycles. The number of aryl methyl sites for hydroxylation is 2. The number of benzene rings is 1. The van der Waals surface area contributed by atoms with Crippen LogP contribution in [-0.4, -0.2) is 48.0 Å². The number of carbonyl (C=O) groups excluding carboxylic acids is 1. The summed E-state index contributed by atoms with van der Waals surface area (Å²) < 4.78 is 28.7. The van der Waals surface area contributed by atoms with Gasteiger partial charge in [-0.2, -0.15) is 9.40 Å². The molecule has 0 saturated carbocycles. The van der Waals surface area contributed by atoms with E-state index >= 15 is 0 Å². The molecule has 1 aliphatic heterocycles. The summed E-state index contributed by atoms with van der Waals surface area (Å²) in [6.07, 6.45) is 8.35. The fourth-order valence-electron chi connectivity index (χ4n) is 3.46. The van der Waals surface area contributed by atoms with Gasteiger partial charge in [-0.25, -0.2) is 8.42 Å². The van der Waals surface area contributed by atoms with Crippen LogP contribution in [0.2, 0.25) is 0 Å². The second-order valence-corrected chi connectivity index (χ2v) is 8.69. The zero-order valence-electron chi connectivity index (χ0n) is 16.5. The molecule has 1 aromatic heterocycles. The maximum atomic E-state index is 12.8. The van der Waals surface area contributed by atoms with E-state index in [0.717, 1.165) is 29.7 Å². The molecule has 7 nitrogen and oxygen atoms in total. The third kappa shape index (κ3) is 4.02. The summed E-state index contributed by atoms with van der Waals surface area (Å²) in [6, 6.07) is 5.07. The van der Waals surface area contributed by atoms with Crippen LogP contribution >= 0.6 is 0 Å². The Kier molecular flexibility index (Phi) is 6.00. The molecule has 1 amide bonds. The number of rotatable bonds is 6. The summed E-state index contributed by atoms with van der Waals surface area (Å²) in [5, 5.41) is 4.08. The van der Waals surface area contributed by atoms with Gasteiger partial charge in [0.2, 0.25) is 10.0 Å². The van der Waals surface area contributed by atoms with Crippen molar-refractivity contribution in [1.29, 1.82) is 0 Å². The minimum atomic E-state index is -3.51. The fourth-order valence-corrected chi connectivity index (χ4v) is 4.97. The minimum Gasteiger partial charge on any atom is -0.309 e. The fraction of sp³-hybridized carbons (Fsp3) is 0.400. The summed E-state index contributed by atoms with van der Waals surface area (Å²) >= 11 is 0. The number of hydrogen-bond acceptors (Lipinski definition) is 4. The van der Waals surface area contributed by atoms with E-state index in [2.05, 4.69) is 5.10 Å². The third-order valence-corrected chi connectivity index (χ3v) is 6.97. The highest BCUT2D eigenvalue weighted by Gasteiger charge is 2.26. The second-order valence-electron chi connectivity index (χ2n) is 6.75. The van der Waals surface area contributed by atoms with Gasteiger partial charge in [-0.15, -0.1) is 0 Å². The highest BCUT2D eigenvalue weighted by atomic mass is 32.2. The van der Waals surface area contributed by atoms with Crippen molar-refractivity contribution in [2.24, 2.45) is 7.05 Å². The Morgan fingerprint density at radius 1 is 1.29 bits per heavy atom. The molecule has 0 unspecified atom stereocenters. The largest absolute Gasteiger partial charge is 0.309 e. The Balaban J connectivity index is 1.86. The van der Waals surface area contributed by atoms with E-state index in [1.807, 2.05) is 27.1 Å². The van der Waals surface area contributed by atoms with Crippen LogP contribution in [0.1, 0.15) is 31.4 Å². The first-order chi connectivity index (χ1) is 13.4. The minimum absolute atomic E-state index is 0.121. The predicted octanol–water partition coefficient (Wildman–Crippen LogP) is 2.44. The average Bonchev–Trinajstić information content (AvgIpc) is 3.11. The maximum Gasteiger partial charge on any atom is 0.250 e. The van der Waals surface area contributed by atoms with Crippen molar-refractivity contribution in [2.45, 2.75) is 31.6 Å². The van der Waals surface area contributed by atoms with Crippen LogP contribution in [0.15, 0.2) is 41.6 Å². The van der Waals surface area contributed by atoms with Crippen LogP contribution in [0.3, 0.4) is 0 Å². The molecule has 0 atom stereocenters. The van der Waals surface area contributed by atoms with E-state index in [0.29, 0.717) is 19.6 Å². The van der Waals surface area contributed by atoms with Gasteiger partial charge in [-0.3, -0.25) is 9.48 Å². The van der Waals surface area contributed by atoms with Gasteiger partial charge in [0.25, 0.3) is 5.91 Å².